The zero-order valence-corrected chi connectivity index (χ0v) is 19.9. The smallest absolute Gasteiger partial charge is 0.174 e. The molecule has 5 nitrogen and oxygen atoms in total. The van der Waals surface area contributed by atoms with Crippen LogP contribution in [0, 0.1) is 6.92 Å². The molecule has 0 spiro atoms. The van der Waals surface area contributed by atoms with Crippen molar-refractivity contribution in [3.8, 4) is 5.75 Å². The summed E-state index contributed by atoms with van der Waals surface area (Å²) < 4.78 is 11.7. The lowest BCUT2D eigenvalue weighted by Crippen LogP contribution is -2.29. The van der Waals surface area contributed by atoms with Crippen LogP contribution >= 0.6 is 24.0 Å². The lowest BCUT2D eigenvalue weighted by atomic mass is 10.0. The number of thiocarbonyl (C=S) groups is 1. The van der Waals surface area contributed by atoms with Gasteiger partial charge in [-0.05, 0) is 79.8 Å². The maximum atomic E-state index is 6.37. The summed E-state index contributed by atoms with van der Waals surface area (Å²) in [5.41, 5.74) is 3.10. The molecule has 0 saturated carbocycles. The molecule has 1 N–H and O–H groups in total. The SMILES string of the molecule is COc1ccc(N2C(=S)N[C@H](c3ccccn3)[C@@H]2c2ccc(Sc3ccc(C)cc3)o2)cc1. The maximum absolute atomic E-state index is 6.37. The Kier molecular flexibility index (Phi) is 6.07. The van der Waals surface area contributed by atoms with Crippen LogP contribution in [0.2, 0.25) is 0 Å². The van der Waals surface area contributed by atoms with Gasteiger partial charge in [0.25, 0.3) is 0 Å². The number of nitrogens with one attached hydrogen (secondary N) is 1. The second-order valence-corrected chi connectivity index (χ2v) is 9.23. The Bertz CT molecular complexity index is 1240. The summed E-state index contributed by atoms with van der Waals surface area (Å²) in [4.78, 5) is 7.82. The van der Waals surface area contributed by atoms with E-state index in [4.69, 9.17) is 21.4 Å². The van der Waals surface area contributed by atoms with Gasteiger partial charge in [0.2, 0.25) is 0 Å². The molecule has 1 fully saturated rings. The van der Waals surface area contributed by atoms with Crippen molar-refractivity contribution in [2.45, 2.75) is 29.0 Å². The average Bonchev–Trinajstić information content (AvgIpc) is 3.45. The van der Waals surface area contributed by atoms with Crippen LogP contribution in [-0.4, -0.2) is 17.2 Å². The van der Waals surface area contributed by atoms with Crippen LogP contribution < -0.4 is 15.0 Å². The first kappa shape index (κ1) is 21.6. The number of ether oxygens (including phenoxy) is 1. The van der Waals surface area contributed by atoms with Crippen molar-refractivity contribution in [2.75, 3.05) is 12.0 Å². The maximum Gasteiger partial charge on any atom is 0.174 e. The molecule has 4 aromatic rings. The van der Waals surface area contributed by atoms with E-state index in [0.717, 1.165) is 32.9 Å². The van der Waals surface area contributed by atoms with E-state index in [9.17, 15) is 0 Å². The number of nitrogens with zero attached hydrogens (tertiary/aromatic N) is 2. The zero-order chi connectivity index (χ0) is 22.8. The minimum absolute atomic E-state index is 0.149. The van der Waals surface area contributed by atoms with Gasteiger partial charge in [-0.3, -0.25) is 4.98 Å². The number of benzene rings is 2. The summed E-state index contributed by atoms with van der Waals surface area (Å²) >= 11 is 7.38. The summed E-state index contributed by atoms with van der Waals surface area (Å²) in [6, 6.07) is 25.9. The predicted octanol–water partition coefficient (Wildman–Crippen LogP) is 6.32. The van der Waals surface area contributed by atoms with E-state index in [-0.39, 0.29) is 12.1 Å². The van der Waals surface area contributed by atoms with Crippen LogP contribution in [0.25, 0.3) is 0 Å². The number of hydrogen-bond acceptors (Lipinski definition) is 5. The van der Waals surface area contributed by atoms with Crippen LogP contribution in [-0.2, 0) is 0 Å². The molecular formula is C26H23N3O2S2. The number of hydrogen-bond donors (Lipinski definition) is 1. The molecule has 0 radical (unpaired) electrons. The van der Waals surface area contributed by atoms with Crippen molar-refractivity contribution >= 4 is 34.8 Å². The van der Waals surface area contributed by atoms with Crippen molar-refractivity contribution in [1.82, 2.24) is 10.3 Å². The molecule has 7 heteroatoms. The van der Waals surface area contributed by atoms with Crippen molar-refractivity contribution in [3.05, 3.63) is 102 Å². The first-order valence-electron chi connectivity index (χ1n) is 10.6. The first-order valence-corrected chi connectivity index (χ1v) is 11.8. The lowest BCUT2D eigenvalue weighted by Gasteiger charge is -2.26. The second-order valence-electron chi connectivity index (χ2n) is 7.77. The van der Waals surface area contributed by atoms with Gasteiger partial charge >= 0.3 is 0 Å². The molecule has 5 rings (SSSR count). The third-order valence-electron chi connectivity index (χ3n) is 5.58. The third-order valence-corrected chi connectivity index (χ3v) is 6.82. The van der Waals surface area contributed by atoms with Gasteiger partial charge < -0.3 is 19.4 Å². The van der Waals surface area contributed by atoms with Gasteiger partial charge in [-0.2, -0.15) is 0 Å². The standard InChI is InChI=1S/C26H23N3O2S2/c1-17-6-12-20(13-7-17)33-23-15-14-22(31-23)25-24(21-5-3-4-16-27-21)28-26(32)29(25)18-8-10-19(30-2)11-9-18/h3-16,24-25H,1-2H3,(H,28,32)/t24-,25+/m1/s1. The van der Waals surface area contributed by atoms with Crippen molar-refractivity contribution in [2.24, 2.45) is 0 Å². The van der Waals surface area contributed by atoms with Crippen molar-refractivity contribution < 1.29 is 9.15 Å². The highest BCUT2D eigenvalue weighted by Gasteiger charge is 2.42. The lowest BCUT2D eigenvalue weighted by molar-refractivity contribution is 0.383. The zero-order valence-electron chi connectivity index (χ0n) is 18.3. The molecule has 166 valence electrons. The van der Waals surface area contributed by atoms with E-state index in [0.29, 0.717) is 5.11 Å². The number of aromatic nitrogens is 1. The Morgan fingerprint density at radius 3 is 2.48 bits per heavy atom. The Morgan fingerprint density at radius 2 is 1.79 bits per heavy atom. The van der Waals surface area contributed by atoms with Gasteiger partial charge in [-0.25, -0.2) is 0 Å². The van der Waals surface area contributed by atoms with Gasteiger partial charge in [-0.15, -0.1) is 0 Å². The van der Waals surface area contributed by atoms with Crippen LogP contribution in [0.4, 0.5) is 5.69 Å². The van der Waals surface area contributed by atoms with Crippen LogP contribution in [0.5, 0.6) is 5.75 Å². The fourth-order valence-corrected chi connectivity index (χ4v) is 5.06. The summed E-state index contributed by atoms with van der Waals surface area (Å²) in [6.45, 7) is 2.08. The van der Waals surface area contributed by atoms with Gasteiger partial charge in [-0.1, -0.05) is 35.5 Å². The van der Waals surface area contributed by atoms with Crippen LogP contribution in [0.3, 0.4) is 0 Å². The first-order chi connectivity index (χ1) is 16.1. The average molecular weight is 474 g/mol. The van der Waals surface area contributed by atoms with E-state index < -0.39 is 0 Å². The highest BCUT2D eigenvalue weighted by molar-refractivity contribution is 7.99. The Labute approximate surface area is 202 Å². The van der Waals surface area contributed by atoms with E-state index in [1.165, 1.54) is 5.56 Å². The molecule has 2 atom stereocenters. The van der Waals surface area contributed by atoms with Crippen molar-refractivity contribution in [3.63, 3.8) is 0 Å². The molecule has 2 aromatic heterocycles. The molecule has 0 amide bonds. The van der Waals surface area contributed by atoms with Crippen LogP contribution in [0.15, 0.2) is 99.5 Å². The Balaban J connectivity index is 1.51. The molecule has 3 heterocycles. The summed E-state index contributed by atoms with van der Waals surface area (Å²) in [5, 5.41) is 4.92. The topological polar surface area (TPSA) is 50.5 Å². The minimum atomic E-state index is -0.187. The van der Waals surface area contributed by atoms with Gasteiger partial charge in [0.05, 0.1) is 18.8 Å². The number of pyridine rings is 1. The third kappa shape index (κ3) is 4.47. The largest absolute Gasteiger partial charge is 0.497 e. The highest BCUT2D eigenvalue weighted by atomic mass is 32.2. The molecule has 2 aromatic carbocycles. The normalized spacial score (nSPS) is 17.8. The number of furan rings is 1. The van der Waals surface area contributed by atoms with E-state index >= 15 is 0 Å². The fourth-order valence-electron chi connectivity index (χ4n) is 3.94. The van der Waals surface area contributed by atoms with Gasteiger partial charge in [0.1, 0.15) is 17.6 Å². The van der Waals surface area contributed by atoms with E-state index in [2.05, 4.69) is 46.4 Å². The van der Waals surface area contributed by atoms with Crippen molar-refractivity contribution in [1.29, 1.82) is 0 Å². The summed E-state index contributed by atoms with van der Waals surface area (Å²) in [6.07, 6.45) is 1.80. The van der Waals surface area contributed by atoms with Gasteiger partial charge in [0, 0.05) is 16.8 Å². The predicted molar refractivity (Wildman–Crippen MR) is 135 cm³/mol. The Hall–Kier alpha value is -3.29. The number of methoxy groups -OCH3 is 1. The summed E-state index contributed by atoms with van der Waals surface area (Å²) in [7, 11) is 1.66. The highest BCUT2D eigenvalue weighted by Crippen LogP contribution is 2.43. The fraction of sp³-hybridized carbons (Fsp3) is 0.154. The molecular weight excluding hydrogens is 450 g/mol. The summed E-state index contributed by atoms with van der Waals surface area (Å²) in [5.74, 6) is 1.62. The van der Waals surface area contributed by atoms with Crippen LogP contribution in [0.1, 0.15) is 29.1 Å². The molecule has 0 unspecified atom stereocenters. The van der Waals surface area contributed by atoms with Gasteiger partial charge in [0.15, 0.2) is 10.2 Å². The molecule has 1 aliphatic rings. The minimum Gasteiger partial charge on any atom is -0.497 e. The number of rotatable bonds is 6. The molecule has 33 heavy (non-hydrogen) atoms. The molecule has 1 saturated heterocycles. The Morgan fingerprint density at radius 1 is 1.00 bits per heavy atom. The molecule has 0 aliphatic carbocycles. The molecule has 0 bridgehead atoms. The quantitative estimate of drug-likeness (QED) is 0.329. The second kappa shape index (κ2) is 9.29. The van der Waals surface area contributed by atoms with E-state index in [1.807, 2.05) is 54.6 Å². The number of anilines is 1. The monoisotopic (exact) mass is 473 g/mol. The van der Waals surface area contributed by atoms with E-state index in [1.54, 1.807) is 25.1 Å². The molecule has 1 aliphatic heterocycles. The number of aryl methyl sites for hydroxylation is 1.